The number of hydrogen-bond donors (Lipinski definition) is 1. The minimum absolute atomic E-state index is 0.149. The number of benzene rings is 1. The number of fused-ring (bicyclic) bond motifs is 1. The summed E-state index contributed by atoms with van der Waals surface area (Å²) in [5.41, 5.74) is 4.01. The van der Waals surface area contributed by atoms with E-state index in [1.54, 1.807) is 0 Å². The first-order valence-electron chi connectivity index (χ1n) is 9.63. The lowest BCUT2D eigenvalue weighted by Gasteiger charge is -2.16. The lowest BCUT2D eigenvalue weighted by Crippen LogP contribution is -2.17. The number of nitrogens with zero attached hydrogens (tertiary/aromatic N) is 2. The molecule has 5 heteroatoms. The van der Waals surface area contributed by atoms with Gasteiger partial charge in [0.05, 0.1) is 12.3 Å². The van der Waals surface area contributed by atoms with Crippen molar-refractivity contribution in [1.29, 1.82) is 0 Å². The molecule has 0 spiro atoms. The first-order valence-corrected chi connectivity index (χ1v) is 9.63. The molecule has 3 aromatic rings. The first-order chi connectivity index (χ1) is 13.1. The topological polar surface area (TPSA) is 55.6 Å². The summed E-state index contributed by atoms with van der Waals surface area (Å²) in [7, 11) is 0. The zero-order valence-electron chi connectivity index (χ0n) is 16.5. The highest BCUT2D eigenvalue weighted by Crippen LogP contribution is 2.28. The van der Waals surface area contributed by atoms with Crippen molar-refractivity contribution in [2.75, 3.05) is 11.9 Å². The molecule has 0 aliphatic heterocycles. The van der Waals surface area contributed by atoms with Gasteiger partial charge in [-0.15, -0.1) is 0 Å². The molecule has 142 valence electrons. The van der Waals surface area contributed by atoms with Crippen LogP contribution in [0.2, 0.25) is 0 Å². The molecule has 0 aliphatic rings. The van der Waals surface area contributed by atoms with Crippen molar-refractivity contribution in [2.45, 2.75) is 46.5 Å². The van der Waals surface area contributed by atoms with E-state index in [4.69, 9.17) is 4.74 Å². The standard InChI is InChI=1S/C22H27N3O2/c1-5-15(4)16-11-8-9-12-18(16)24-22(26)20-17(6-2)23-21-19(27-7-3)13-10-14-25(20)21/h8-15H,5-7H2,1-4H3,(H,24,26). The first kappa shape index (κ1) is 19.0. The minimum Gasteiger partial charge on any atom is -0.490 e. The van der Waals surface area contributed by atoms with Gasteiger partial charge in [0.1, 0.15) is 5.69 Å². The van der Waals surface area contributed by atoms with E-state index in [2.05, 4.69) is 30.2 Å². The second-order valence-corrected chi connectivity index (χ2v) is 6.61. The zero-order chi connectivity index (χ0) is 19.4. The number of para-hydroxylation sites is 1. The molecule has 1 atom stereocenters. The molecular formula is C22H27N3O2. The number of aromatic nitrogens is 2. The van der Waals surface area contributed by atoms with Gasteiger partial charge in [-0.2, -0.15) is 0 Å². The van der Waals surface area contributed by atoms with Crippen LogP contribution >= 0.6 is 0 Å². The van der Waals surface area contributed by atoms with E-state index in [0.29, 0.717) is 36.0 Å². The maximum absolute atomic E-state index is 13.2. The molecule has 0 saturated heterocycles. The number of carbonyl (C=O) groups is 1. The Hall–Kier alpha value is -2.82. The Labute approximate surface area is 160 Å². The predicted octanol–water partition coefficient (Wildman–Crippen LogP) is 5.06. The molecule has 1 aromatic carbocycles. The molecule has 0 saturated carbocycles. The average molecular weight is 365 g/mol. The van der Waals surface area contributed by atoms with E-state index in [1.807, 2.05) is 54.8 Å². The summed E-state index contributed by atoms with van der Waals surface area (Å²) < 4.78 is 7.50. The van der Waals surface area contributed by atoms with Crippen molar-refractivity contribution in [3.63, 3.8) is 0 Å². The lowest BCUT2D eigenvalue weighted by atomic mass is 9.97. The summed E-state index contributed by atoms with van der Waals surface area (Å²) in [6.07, 6.45) is 3.54. The van der Waals surface area contributed by atoms with Crippen LogP contribution in [0.1, 0.15) is 61.8 Å². The number of nitrogens with one attached hydrogen (secondary N) is 1. The van der Waals surface area contributed by atoms with Crippen molar-refractivity contribution in [2.24, 2.45) is 0 Å². The third-order valence-corrected chi connectivity index (χ3v) is 4.89. The van der Waals surface area contributed by atoms with Gasteiger partial charge in [0.25, 0.3) is 5.91 Å². The summed E-state index contributed by atoms with van der Waals surface area (Å²) in [4.78, 5) is 17.9. The van der Waals surface area contributed by atoms with Gasteiger partial charge in [0, 0.05) is 11.9 Å². The molecular weight excluding hydrogens is 338 g/mol. The second-order valence-electron chi connectivity index (χ2n) is 6.61. The van der Waals surface area contributed by atoms with Crippen LogP contribution < -0.4 is 10.1 Å². The third-order valence-electron chi connectivity index (χ3n) is 4.89. The smallest absolute Gasteiger partial charge is 0.274 e. The molecule has 27 heavy (non-hydrogen) atoms. The van der Waals surface area contributed by atoms with E-state index in [1.165, 1.54) is 0 Å². The summed E-state index contributed by atoms with van der Waals surface area (Å²) in [6.45, 7) is 8.82. The molecule has 1 amide bonds. The van der Waals surface area contributed by atoms with E-state index in [0.717, 1.165) is 23.4 Å². The van der Waals surface area contributed by atoms with Crippen molar-refractivity contribution in [1.82, 2.24) is 9.38 Å². The molecule has 0 fully saturated rings. The molecule has 1 N–H and O–H groups in total. The Balaban J connectivity index is 2.03. The van der Waals surface area contributed by atoms with Crippen LogP contribution in [-0.2, 0) is 6.42 Å². The van der Waals surface area contributed by atoms with Gasteiger partial charge < -0.3 is 10.1 Å². The number of ether oxygens (including phenoxy) is 1. The van der Waals surface area contributed by atoms with E-state index >= 15 is 0 Å². The Morgan fingerprint density at radius 2 is 1.96 bits per heavy atom. The summed E-state index contributed by atoms with van der Waals surface area (Å²) in [6, 6.07) is 11.8. The van der Waals surface area contributed by atoms with Crippen molar-refractivity contribution >= 4 is 17.2 Å². The number of pyridine rings is 1. The maximum Gasteiger partial charge on any atom is 0.274 e. The Kier molecular flexibility index (Phi) is 5.79. The number of aryl methyl sites for hydroxylation is 1. The quantitative estimate of drug-likeness (QED) is 0.636. The van der Waals surface area contributed by atoms with Crippen LogP contribution in [0.4, 0.5) is 5.69 Å². The number of imidazole rings is 1. The number of amides is 1. The summed E-state index contributed by atoms with van der Waals surface area (Å²) in [5, 5.41) is 3.11. The highest BCUT2D eigenvalue weighted by molar-refractivity contribution is 6.05. The third kappa shape index (κ3) is 3.68. The van der Waals surface area contributed by atoms with Crippen LogP contribution in [0.15, 0.2) is 42.6 Å². The van der Waals surface area contributed by atoms with Gasteiger partial charge in [0.15, 0.2) is 11.4 Å². The predicted molar refractivity (Wildman–Crippen MR) is 109 cm³/mol. The molecule has 2 aromatic heterocycles. The molecule has 0 aliphatic carbocycles. The van der Waals surface area contributed by atoms with Crippen LogP contribution in [0, 0.1) is 0 Å². The Bertz CT molecular complexity index is 946. The number of carbonyl (C=O) groups excluding carboxylic acids is 1. The Morgan fingerprint density at radius 3 is 2.67 bits per heavy atom. The average Bonchev–Trinajstić information content (AvgIpc) is 3.08. The van der Waals surface area contributed by atoms with Gasteiger partial charge in [0.2, 0.25) is 0 Å². The van der Waals surface area contributed by atoms with Crippen LogP contribution in [0.25, 0.3) is 5.65 Å². The van der Waals surface area contributed by atoms with Crippen LogP contribution in [0.5, 0.6) is 5.75 Å². The fourth-order valence-corrected chi connectivity index (χ4v) is 3.29. The van der Waals surface area contributed by atoms with Gasteiger partial charge >= 0.3 is 0 Å². The molecule has 0 bridgehead atoms. The maximum atomic E-state index is 13.2. The second kappa shape index (κ2) is 8.25. The summed E-state index contributed by atoms with van der Waals surface area (Å²) in [5.74, 6) is 0.913. The lowest BCUT2D eigenvalue weighted by molar-refractivity contribution is 0.102. The largest absolute Gasteiger partial charge is 0.490 e. The van der Waals surface area contributed by atoms with Crippen molar-refractivity contribution < 1.29 is 9.53 Å². The number of anilines is 1. The normalized spacial score (nSPS) is 12.1. The monoisotopic (exact) mass is 365 g/mol. The van der Waals surface area contributed by atoms with Crippen LogP contribution in [-0.4, -0.2) is 21.9 Å². The van der Waals surface area contributed by atoms with Crippen LogP contribution in [0.3, 0.4) is 0 Å². The molecule has 1 unspecified atom stereocenters. The van der Waals surface area contributed by atoms with Gasteiger partial charge in [-0.25, -0.2) is 4.98 Å². The molecule has 2 heterocycles. The van der Waals surface area contributed by atoms with Crippen molar-refractivity contribution in [3.05, 3.63) is 59.5 Å². The van der Waals surface area contributed by atoms with E-state index in [9.17, 15) is 4.79 Å². The van der Waals surface area contributed by atoms with Gasteiger partial charge in [-0.1, -0.05) is 39.0 Å². The fraction of sp³-hybridized carbons (Fsp3) is 0.364. The zero-order valence-corrected chi connectivity index (χ0v) is 16.5. The highest BCUT2D eigenvalue weighted by Gasteiger charge is 2.21. The van der Waals surface area contributed by atoms with E-state index in [-0.39, 0.29) is 5.91 Å². The van der Waals surface area contributed by atoms with E-state index < -0.39 is 0 Å². The Morgan fingerprint density at radius 1 is 1.19 bits per heavy atom. The molecule has 0 radical (unpaired) electrons. The minimum atomic E-state index is -0.149. The van der Waals surface area contributed by atoms with Gasteiger partial charge in [-0.3, -0.25) is 9.20 Å². The number of rotatable bonds is 7. The number of hydrogen-bond acceptors (Lipinski definition) is 3. The van der Waals surface area contributed by atoms with Crippen molar-refractivity contribution in [3.8, 4) is 5.75 Å². The summed E-state index contributed by atoms with van der Waals surface area (Å²) >= 11 is 0. The SMILES string of the molecule is CCOc1cccn2c(C(=O)Nc3ccccc3C(C)CC)c(CC)nc12. The fourth-order valence-electron chi connectivity index (χ4n) is 3.29. The molecule has 3 rings (SSSR count). The highest BCUT2D eigenvalue weighted by atomic mass is 16.5. The molecule has 5 nitrogen and oxygen atoms in total. The van der Waals surface area contributed by atoms with Gasteiger partial charge in [-0.05, 0) is 49.4 Å².